The van der Waals surface area contributed by atoms with Gasteiger partial charge in [-0.1, -0.05) is 42.4 Å². The molecule has 0 bridgehead atoms. The number of hydrogen-bond donors (Lipinski definition) is 1. The first kappa shape index (κ1) is 18.0. The fourth-order valence-corrected chi connectivity index (χ4v) is 3.35. The number of amides is 1. The summed E-state index contributed by atoms with van der Waals surface area (Å²) in [6, 6.07) is 17.7. The quantitative estimate of drug-likeness (QED) is 0.669. The summed E-state index contributed by atoms with van der Waals surface area (Å²) >= 11 is 1.28. The minimum atomic E-state index is -0.119. The molecule has 4 nitrogen and oxygen atoms in total. The van der Waals surface area contributed by atoms with Gasteiger partial charge < -0.3 is 5.32 Å². The molecule has 0 aliphatic heterocycles. The number of aryl methyl sites for hydroxylation is 2. The Labute approximate surface area is 157 Å². The molecule has 5 heteroatoms. The Morgan fingerprint density at radius 2 is 1.96 bits per heavy atom. The Morgan fingerprint density at radius 3 is 2.65 bits per heavy atom. The van der Waals surface area contributed by atoms with E-state index in [-0.39, 0.29) is 11.7 Å². The van der Waals surface area contributed by atoms with Crippen LogP contribution in [0, 0.1) is 18.3 Å². The molecule has 0 fully saturated rings. The number of rotatable bonds is 5. The lowest BCUT2D eigenvalue weighted by molar-refractivity contribution is -0.113. The summed E-state index contributed by atoms with van der Waals surface area (Å²) < 4.78 is 0. The van der Waals surface area contributed by atoms with Crippen LogP contribution < -0.4 is 5.32 Å². The maximum absolute atomic E-state index is 12.2. The number of nitrogens with zero attached hydrogens (tertiary/aromatic N) is 2. The zero-order chi connectivity index (χ0) is 18.5. The van der Waals surface area contributed by atoms with Gasteiger partial charge in [-0.2, -0.15) is 5.26 Å². The van der Waals surface area contributed by atoms with Crippen LogP contribution in [-0.4, -0.2) is 16.6 Å². The number of nitrogens with one attached hydrogen (secondary N) is 1. The second kappa shape index (κ2) is 8.03. The van der Waals surface area contributed by atoms with Gasteiger partial charge in [-0.25, -0.2) is 4.98 Å². The van der Waals surface area contributed by atoms with E-state index in [9.17, 15) is 10.1 Å². The minimum absolute atomic E-state index is 0.119. The SMILES string of the molecule is CCc1ccc2nc(SCC(=O)Nc3ccc(C)cc3)c(C#N)cc2c1. The molecule has 0 aliphatic rings. The molecule has 2 aromatic carbocycles. The average molecular weight is 361 g/mol. The topological polar surface area (TPSA) is 65.8 Å². The maximum Gasteiger partial charge on any atom is 0.234 e. The highest BCUT2D eigenvalue weighted by Gasteiger charge is 2.11. The molecule has 1 aromatic heterocycles. The first-order valence-electron chi connectivity index (χ1n) is 8.42. The van der Waals surface area contributed by atoms with Gasteiger partial charge >= 0.3 is 0 Å². The number of pyridine rings is 1. The number of carbonyl (C=O) groups excluding carboxylic acids is 1. The summed E-state index contributed by atoms with van der Waals surface area (Å²) in [7, 11) is 0. The smallest absolute Gasteiger partial charge is 0.234 e. The molecular weight excluding hydrogens is 342 g/mol. The van der Waals surface area contributed by atoms with Gasteiger partial charge in [0.1, 0.15) is 11.1 Å². The molecule has 1 N–H and O–H groups in total. The molecule has 3 aromatic rings. The third kappa shape index (κ3) is 4.22. The molecule has 1 heterocycles. The first-order chi connectivity index (χ1) is 12.6. The van der Waals surface area contributed by atoms with Crippen LogP contribution in [0.3, 0.4) is 0 Å². The monoisotopic (exact) mass is 361 g/mol. The van der Waals surface area contributed by atoms with E-state index in [1.165, 1.54) is 17.3 Å². The number of thioether (sulfide) groups is 1. The second-order valence-electron chi connectivity index (χ2n) is 6.04. The Kier molecular flexibility index (Phi) is 5.55. The molecule has 26 heavy (non-hydrogen) atoms. The Hall–Kier alpha value is -2.84. The second-order valence-corrected chi connectivity index (χ2v) is 7.00. The minimum Gasteiger partial charge on any atom is -0.325 e. The van der Waals surface area contributed by atoms with Gasteiger partial charge in [0.25, 0.3) is 0 Å². The van der Waals surface area contributed by atoms with E-state index in [0.717, 1.165) is 28.6 Å². The largest absolute Gasteiger partial charge is 0.325 e. The normalized spacial score (nSPS) is 10.5. The van der Waals surface area contributed by atoms with E-state index in [2.05, 4.69) is 29.4 Å². The van der Waals surface area contributed by atoms with Crippen molar-refractivity contribution in [3.63, 3.8) is 0 Å². The summed E-state index contributed by atoms with van der Waals surface area (Å²) in [5.74, 6) is 0.0830. The predicted molar refractivity (Wildman–Crippen MR) is 106 cm³/mol. The van der Waals surface area contributed by atoms with Crippen molar-refractivity contribution in [1.29, 1.82) is 5.26 Å². The predicted octanol–water partition coefficient (Wildman–Crippen LogP) is 4.71. The summed E-state index contributed by atoms with van der Waals surface area (Å²) in [4.78, 5) is 16.7. The highest BCUT2D eigenvalue weighted by atomic mass is 32.2. The summed E-state index contributed by atoms with van der Waals surface area (Å²) in [6.07, 6.45) is 0.938. The Morgan fingerprint density at radius 1 is 1.19 bits per heavy atom. The van der Waals surface area contributed by atoms with E-state index in [1.807, 2.05) is 49.4 Å². The lowest BCUT2D eigenvalue weighted by Crippen LogP contribution is -2.14. The van der Waals surface area contributed by atoms with E-state index < -0.39 is 0 Å². The van der Waals surface area contributed by atoms with Crippen LogP contribution in [0.15, 0.2) is 53.6 Å². The molecule has 3 rings (SSSR count). The lowest BCUT2D eigenvalue weighted by atomic mass is 10.1. The number of aromatic nitrogens is 1. The standard InChI is InChI=1S/C21H19N3OS/c1-3-15-6-9-19-16(10-15)11-17(12-22)21(24-19)26-13-20(25)23-18-7-4-14(2)5-8-18/h4-11H,3,13H2,1-2H3,(H,23,25). The molecule has 130 valence electrons. The van der Waals surface area contributed by atoms with Crippen LogP contribution >= 0.6 is 11.8 Å². The van der Waals surface area contributed by atoms with Crippen LogP contribution in [0.4, 0.5) is 5.69 Å². The summed E-state index contributed by atoms with van der Waals surface area (Å²) in [5.41, 5.74) is 4.45. The van der Waals surface area contributed by atoms with Gasteiger partial charge in [-0.15, -0.1) is 0 Å². The van der Waals surface area contributed by atoms with Crippen molar-refractivity contribution in [3.05, 3.63) is 65.2 Å². The molecule has 0 aliphatic carbocycles. The highest BCUT2D eigenvalue weighted by Crippen LogP contribution is 2.25. The van der Waals surface area contributed by atoms with Crippen molar-refractivity contribution in [2.45, 2.75) is 25.3 Å². The van der Waals surface area contributed by atoms with E-state index in [4.69, 9.17) is 0 Å². The number of carbonyl (C=O) groups is 1. The van der Waals surface area contributed by atoms with Gasteiger partial charge in [0.05, 0.1) is 16.8 Å². The van der Waals surface area contributed by atoms with Crippen LogP contribution in [0.2, 0.25) is 0 Å². The van der Waals surface area contributed by atoms with Crippen molar-refractivity contribution in [3.8, 4) is 6.07 Å². The lowest BCUT2D eigenvalue weighted by Gasteiger charge is -2.08. The van der Waals surface area contributed by atoms with E-state index in [0.29, 0.717) is 10.6 Å². The van der Waals surface area contributed by atoms with Crippen molar-refractivity contribution >= 4 is 34.3 Å². The van der Waals surface area contributed by atoms with Crippen molar-refractivity contribution < 1.29 is 4.79 Å². The van der Waals surface area contributed by atoms with Gasteiger partial charge in [-0.3, -0.25) is 4.79 Å². The van der Waals surface area contributed by atoms with Crippen LogP contribution in [0.5, 0.6) is 0 Å². The fourth-order valence-electron chi connectivity index (χ4n) is 2.59. The number of benzene rings is 2. The third-order valence-electron chi connectivity index (χ3n) is 4.05. The van der Waals surface area contributed by atoms with E-state index >= 15 is 0 Å². The molecule has 0 atom stereocenters. The molecule has 0 saturated heterocycles. The summed E-state index contributed by atoms with van der Waals surface area (Å²) in [5, 5.41) is 13.8. The number of nitriles is 1. The van der Waals surface area contributed by atoms with Crippen LogP contribution in [0.25, 0.3) is 10.9 Å². The number of hydrogen-bond acceptors (Lipinski definition) is 4. The fraction of sp³-hybridized carbons (Fsp3) is 0.190. The van der Waals surface area contributed by atoms with Crippen molar-refractivity contribution in [1.82, 2.24) is 4.98 Å². The van der Waals surface area contributed by atoms with Crippen molar-refractivity contribution in [2.75, 3.05) is 11.1 Å². The molecule has 1 amide bonds. The molecule has 0 saturated carbocycles. The highest BCUT2D eigenvalue weighted by molar-refractivity contribution is 8.00. The van der Waals surface area contributed by atoms with Gasteiger partial charge in [-0.05, 0) is 49.2 Å². The van der Waals surface area contributed by atoms with Crippen molar-refractivity contribution in [2.24, 2.45) is 0 Å². The Bertz CT molecular complexity index is 991. The van der Waals surface area contributed by atoms with E-state index in [1.54, 1.807) is 0 Å². The first-order valence-corrected chi connectivity index (χ1v) is 9.40. The molecular formula is C21H19N3OS. The Balaban J connectivity index is 1.74. The molecule has 0 spiro atoms. The summed E-state index contributed by atoms with van der Waals surface area (Å²) in [6.45, 7) is 4.09. The van der Waals surface area contributed by atoms with Crippen LogP contribution in [-0.2, 0) is 11.2 Å². The number of anilines is 1. The maximum atomic E-state index is 12.2. The van der Waals surface area contributed by atoms with Crippen LogP contribution in [0.1, 0.15) is 23.6 Å². The molecule has 0 unspecified atom stereocenters. The van der Waals surface area contributed by atoms with Gasteiger partial charge in [0, 0.05) is 11.1 Å². The zero-order valence-electron chi connectivity index (χ0n) is 14.7. The molecule has 0 radical (unpaired) electrons. The van der Waals surface area contributed by atoms with Gasteiger partial charge in [0.15, 0.2) is 0 Å². The number of fused-ring (bicyclic) bond motifs is 1. The zero-order valence-corrected chi connectivity index (χ0v) is 15.6. The van der Waals surface area contributed by atoms with Gasteiger partial charge in [0.2, 0.25) is 5.91 Å². The third-order valence-corrected chi connectivity index (χ3v) is 5.04. The average Bonchev–Trinajstić information content (AvgIpc) is 2.66.